The maximum absolute atomic E-state index is 12.1. The molecule has 2 aromatic rings. The van der Waals surface area contributed by atoms with Crippen molar-refractivity contribution in [1.29, 1.82) is 0 Å². The monoisotopic (exact) mass is 261 g/mol. The molecule has 0 saturated heterocycles. The van der Waals surface area contributed by atoms with Crippen LogP contribution in [-0.4, -0.2) is 17.9 Å². The molecule has 1 amide bonds. The highest BCUT2D eigenvalue weighted by atomic mass is 16.7. The summed E-state index contributed by atoms with van der Waals surface area (Å²) in [6.45, 7) is 1.86. The Kier molecular flexibility index (Phi) is 2.52. The van der Waals surface area contributed by atoms with Gasteiger partial charge in [-0.2, -0.15) is 0 Å². The molecule has 0 atom stereocenters. The number of nitrogens with one attached hydrogen (secondary N) is 1. The van der Waals surface area contributed by atoms with Gasteiger partial charge >= 0.3 is 0 Å². The van der Waals surface area contributed by atoms with Crippen molar-refractivity contribution < 1.29 is 18.8 Å². The first kappa shape index (κ1) is 11.4. The van der Waals surface area contributed by atoms with E-state index in [1.807, 2.05) is 0 Å². The van der Waals surface area contributed by atoms with Gasteiger partial charge in [-0.3, -0.25) is 4.79 Å². The number of hydrogen-bond acceptors (Lipinski definition) is 6. The van der Waals surface area contributed by atoms with Gasteiger partial charge in [0.2, 0.25) is 6.79 Å². The third kappa shape index (κ3) is 2.05. The Labute approximate surface area is 108 Å². The quantitative estimate of drug-likeness (QED) is 0.795. The predicted octanol–water partition coefficient (Wildman–Crippen LogP) is 1.55. The Morgan fingerprint density at radius 2 is 2.05 bits per heavy atom. The summed E-state index contributed by atoms with van der Waals surface area (Å²) < 4.78 is 15.2. The average Bonchev–Trinajstić information content (AvgIpc) is 2.96. The first-order valence-electron chi connectivity index (χ1n) is 5.57. The van der Waals surface area contributed by atoms with Crippen molar-refractivity contribution in [3.05, 3.63) is 29.5 Å². The molecule has 1 aromatic heterocycles. The van der Waals surface area contributed by atoms with E-state index >= 15 is 0 Å². The molecule has 1 aliphatic rings. The number of carbonyl (C=O) groups excluding carboxylic acids is 1. The van der Waals surface area contributed by atoms with Crippen LogP contribution in [0.2, 0.25) is 0 Å². The minimum absolute atomic E-state index is 0.127. The molecule has 0 unspecified atom stereocenters. The Bertz CT molecular complexity index is 650. The molecule has 0 aliphatic carbocycles. The van der Waals surface area contributed by atoms with Crippen LogP contribution in [0.15, 0.2) is 22.7 Å². The molecule has 98 valence electrons. The molecule has 1 aliphatic heterocycles. The van der Waals surface area contributed by atoms with E-state index in [2.05, 4.69) is 10.5 Å². The van der Waals surface area contributed by atoms with Crippen LogP contribution in [0.1, 0.15) is 16.1 Å². The summed E-state index contributed by atoms with van der Waals surface area (Å²) in [5, 5.41) is 6.27. The lowest BCUT2D eigenvalue weighted by atomic mass is 10.1. The Morgan fingerprint density at radius 1 is 1.32 bits per heavy atom. The summed E-state index contributed by atoms with van der Waals surface area (Å²) >= 11 is 0. The SMILES string of the molecule is Cc1cc(NC(=O)c2cc3c(cc2N)OCO3)no1. The van der Waals surface area contributed by atoms with E-state index in [-0.39, 0.29) is 12.7 Å². The summed E-state index contributed by atoms with van der Waals surface area (Å²) in [5.74, 6) is 1.58. The molecule has 19 heavy (non-hydrogen) atoms. The van der Waals surface area contributed by atoms with E-state index in [9.17, 15) is 4.79 Å². The van der Waals surface area contributed by atoms with Gasteiger partial charge in [-0.15, -0.1) is 0 Å². The highest BCUT2D eigenvalue weighted by Gasteiger charge is 2.20. The summed E-state index contributed by atoms with van der Waals surface area (Å²) in [7, 11) is 0. The average molecular weight is 261 g/mol. The van der Waals surface area contributed by atoms with Crippen molar-refractivity contribution in [2.45, 2.75) is 6.92 Å². The van der Waals surface area contributed by atoms with Gasteiger partial charge in [0.25, 0.3) is 5.91 Å². The second kappa shape index (κ2) is 4.20. The van der Waals surface area contributed by atoms with E-state index in [1.54, 1.807) is 25.1 Å². The van der Waals surface area contributed by atoms with Crippen molar-refractivity contribution in [2.24, 2.45) is 0 Å². The lowest BCUT2D eigenvalue weighted by Gasteiger charge is -2.06. The molecule has 7 nitrogen and oxygen atoms in total. The van der Waals surface area contributed by atoms with E-state index < -0.39 is 0 Å². The fourth-order valence-corrected chi connectivity index (χ4v) is 1.76. The largest absolute Gasteiger partial charge is 0.454 e. The number of hydrogen-bond donors (Lipinski definition) is 2. The molecule has 0 fully saturated rings. The van der Waals surface area contributed by atoms with Crippen LogP contribution in [0.4, 0.5) is 11.5 Å². The number of aromatic nitrogens is 1. The molecule has 3 rings (SSSR count). The fourth-order valence-electron chi connectivity index (χ4n) is 1.76. The van der Waals surface area contributed by atoms with Crippen molar-refractivity contribution in [2.75, 3.05) is 17.8 Å². The zero-order chi connectivity index (χ0) is 13.4. The normalized spacial score (nSPS) is 12.5. The minimum Gasteiger partial charge on any atom is -0.454 e. The maximum Gasteiger partial charge on any atom is 0.259 e. The number of amides is 1. The second-order valence-electron chi connectivity index (χ2n) is 4.07. The summed E-state index contributed by atoms with van der Waals surface area (Å²) in [4.78, 5) is 12.1. The number of nitrogens with two attached hydrogens (primary N) is 1. The standard InChI is InChI=1S/C12H11N3O4/c1-6-2-11(15-19-6)14-12(16)7-3-9-10(4-8(7)13)18-5-17-9/h2-4H,5,13H2,1H3,(H,14,15,16). The highest BCUT2D eigenvalue weighted by Crippen LogP contribution is 2.36. The minimum atomic E-state index is -0.385. The van der Waals surface area contributed by atoms with Gasteiger partial charge in [0.1, 0.15) is 5.76 Å². The van der Waals surface area contributed by atoms with Crippen LogP contribution in [0, 0.1) is 6.92 Å². The summed E-state index contributed by atoms with van der Waals surface area (Å²) in [5.41, 5.74) is 6.42. The van der Waals surface area contributed by atoms with Crippen LogP contribution >= 0.6 is 0 Å². The van der Waals surface area contributed by atoms with Gasteiger partial charge in [0, 0.05) is 17.8 Å². The molecule has 1 aromatic carbocycles. The van der Waals surface area contributed by atoms with Crippen LogP contribution in [0.5, 0.6) is 11.5 Å². The zero-order valence-corrected chi connectivity index (χ0v) is 10.1. The van der Waals surface area contributed by atoms with Crippen LogP contribution in [-0.2, 0) is 0 Å². The number of rotatable bonds is 2. The Morgan fingerprint density at radius 3 is 2.74 bits per heavy atom. The van der Waals surface area contributed by atoms with E-state index in [0.29, 0.717) is 34.3 Å². The molecular formula is C12H11N3O4. The number of ether oxygens (including phenoxy) is 2. The summed E-state index contributed by atoms with van der Waals surface area (Å²) in [6, 6.07) is 4.71. The van der Waals surface area contributed by atoms with Gasteiger partial charge in [-0.05, 0) is 13.0 Å². The van der Waals surface area contributed by atoms with E-state index in [1.165, 1.54) is 0 Å². The maximum atomic E-state index is 12.1. The Balaban J connectivity index is 1.87. The van der Waals surface area contributed by atoms with E-state index in [4.69, 9.17) is 19.7 Å². The molecule has 7 heteroatoms. The summed E-state index contributed by atoms with van der Waals surface area (Å²) in [6.07, 6.45) is 0. The van der Waals surface area contributed by atoms with Crippen molar-refractivity contribution in [1.82, 2.24) is 5.16 Å². The number of benzene rings is 1. The fraction of sp³-hybridized carbons (Fsp3) is 0.167. The molecular weight excluding hydrogens is 250 g/mol. The third-order valence-electron chi connectivity index (χ3n) is 2.66. The van der Waals surface area contributed by atoms with Gasteiger partial charge in [-0.25, -0.2) is 0 Å². The van der Waals surface area contributed by atoms with Crippen molar-refractivity contribution >= 4 is 17.4 Å². The van der Waals surface area contributed by atoms with Crippen LogP contribution < -0.4 is 20.5 Å². The number of nitrogens with zero attached hydrogens (tertiary/aromatic N) is 1. The Hall–Kier alpha value is -2.70. The third-order valence-corrected chi connectivity index (χ3v) is 2.66. The predicted molar refractivity (Wildman–Crippen MR) is 66.2 cm³/mol. The molecule has 0 spiro atoms. The smallest absolute Gasteiger partial charge is 0.259 e. The lowest BCUT2D eigenvalue weighted by molar-refractivity contribution is 0.102. The van der Waals surface area contributed by atoms with Gasteiger partial charge in [0.05, 0.1) is 5.56 Å². The number of carbonyl (C=O) groups is 1. The van der Waals surface area contributed by atoms with Gasteiger partial charge in [-0.1, -0.05) is 5.16 Å². The molecule has 3 N–H and O–H groups in total. The van der Waals surface area contributed by atoms with Gasteiger partial charge in [0.15, 0.2) is 17.3 Å². The number of fused-ring (bicyclic) bond motifs is 1. The highest BCUT2D eigenvalue weighted by molar-refractivity contribution is 6.07. The number of nitrogen functional groups attached to an aromatic ring is 1. The number of aryl methyl sites for hydroxylation is 1. The first-order valence-corrected chi connectivity index (χ1v) is 5.57. The van der Waals surface area contributed by atoms with Crippen LogP contribution in [0.25, 0.3) is 0 Å². The molecule has 0 radical (unpaired) electrons. The lowest BCUT2D eigenvalue weighted by Crippen LogP contribution is -2.14. The van der Waals surface area contributed by atoms with E-state index in [0.717, 1.165) is 0 Å². The second-order valence-corrected chi connectivity index (χ2v) is 4.07. The first-order chi connectivity index (χ1) is 9.13. The van der Waals surface area contributed by atoms with Crippen LogP contribution in [0.3, 0.4) is 0 Å². The van der Waals surface area contributed by atoms with Crippen molar-refractivity contribution in [3.63, 3.8) is 0 Å². The molecule has 0 bridgehead atoms. The molecule has 2 heterocycles. The zero-order valence-electron chi connectivity index (χ0n) is 10.1. The van der Waals surface area contributed by atoms with Crippen molar-refractivity contribution in [3.8, 4) is 11.5 Å². The number of anilines is 2. The molecule has 0 saturated carbocycles. The topological polar surface area (TPSA) is 99.6 Å². The van der Waals surface area contributed by atoms with Gasteiger partial charge < -0.3 is 25.0 Å².